The minimum Gasteiger partial charge on any atom is -0.465 e. The maximum Gasteiger partial charge on any atom is 0.325 e. The normalized spacial score (nSPS) is 10.9. The van der Waals surface area contributed by atoms with Crippen molar-refractivity contribution in [2.75, 3.05) is 20.2 Å². The number of fused-ring (bicyclic) bond motifs is 1. The van der Waals surface area contributed by atoms with Gasteiger partial charge in [-0.15, -0.1) is 11.3 Å². The van der Waals surface area contributed by atoms with Crippen LogP contribution in [0.2, 0.25) is 0 Å². The highest BCUT2D eigenvalue weighted by Gasteiger charge is 2.25. The Hall–Kier alpha value is -2.32. The summed E-state index contributed by atoms with van der Waals surface area (Å²) < 4.78 is 11.7. The summed E-state index contributed by atoms with van der Waals surface area (Å²) >= 11 is 3.14. The summed E-state index contributed by atoms with van der Waals surface area (Å²) in [5.41, 5.74) is 2.44. The summed E-state index contributed by atoms with van der Waals surface area (Å²) in [6.07, 6.45) is 0. The molecule has 0 aliphatic rings. The van der Waals surface area contributed by atoms with Crippen molar-refractivity contribution in [3.8, 4) is 0 Å². The van der Waals surface area contributed by atoms with Crippen molar-refractivity contribution in [1.29, 1.82) is 0 Å². The van der Waals surface area contributed by atoms with Crippen molar-refractivity contribution in [1.82, 2.24) is 9.88 Å². The number of furan rings is 1. The fourth-order valence-electron chi connectivity index (χ4n) is 2.59. The largest absolute Gasteiger partial charge is 0.465 e. The second kappa shape index (κ2) is 8.58. The Bertz CT molecular complexity index is 964. The molecular formula is C19H20N2O4S2. The number of benzene rings is 1. The van der Waals surface area contributed by atoms with E-state index >= 15 is 0 Å². The number of nitrogens with zero attached hydrogens (tertiary/aromatic N) is 2. The zero-order valence-electron chi connectivity index (χ0n) is 15.4. The fourth-order valence-corrected chi connectivity index (χ4v) is 4.47. The third kappa shape index (κ3) is 4.51. The third-order valence-corrected chi connectivity index (χ3v) is 6.01. The second-order valence-electron chi connectivity index (χ2n) is 5.92. The summed E-state index contributed by atoms with van der Waals surface area (Å²) in [4.78, 5) is 30.4. The molecule has 3 rings (SSSR count). The number of carbonyl (C=O) groups is 2. The molecule has 3 aromatic rings. The summed E-state index contributed by atoms with van der Waals surface area (Å²) in [5, 5.41) is 2.89. The summed E-state index contributed by atoms with van der Waals surface area (Å²) in [7, 11) is 1.56. The van der Waals surface area contributed by atoms with Crippen LogP contribution in [-0.4, -0.2) is 42.0 Å². The predicted octanol–water partition coefficient (Wildman–Crippen LogP) is 4.13. The Morgan fingerprint density at radius 3 is 2.81 bits per heavy atom. The first-order valence-corrected chi connectivity index (χ1v) is 10.3. The number of aromatic nitrogens is 1. The van der Waals surface area contributed by atoms with Crippen LogP contribution in [0, 0.1) is 6.92 Å². The van der Waals surface area contributed by atoms with Crippen molar-refractivity contribution < 1.29 is 18.7 Å². The van der Waals surface area contributed by atoms with Gasteiger partial charge < -0.3 is 14.1 Å². The highest BCUT2D eigenvalue weighted by Crippen LogP contribution is 2.33. The smallest absolute Gasteiger partial charge is 0.325 e. The number of likely N-dealkylation sites (N-methyl/N-ethyl adjacent to an activating group) is 1. The lowest BCUT2D eigenvalue weighted by atomic mass is 10.1. The van der Waals surface area contributed by atoms with E-state index in [2.05, 4.69) is 4.98 Å². The number of amides is 1. The van der Waals surface area contributed by atoms with E-state index in [0.717, 1.165) is 21.0 Å². The highest BCUT2D eigenvalue weighted by molar-refractivity contribution is 8.00. The van der Waals surface area contributed by atoms with Crippen molar-refractivity contribution in [2.24, 2.45) is 0 Å². The Kier molecular flexibility index (Phi) is 6.18. The molecule has 6 nitrogen and oxygen atoms in total. The van der Waals surface area contributed by atoms with Gasteiger partial charge in [-0.05, 0) is 19.9 Å². The van der Waals surface area contributed by atoms with Gasteiger partial charge in [0.05, 0.1) is 6.61 Å². The summed E-state index contributed by atoms with van der Waals surface area (Å²) in [6.45, 7) is 3.84. The Labute approximate surface area is 165 Å². The number of thioether (sulfide) groups is 1. The quantitative estimate of drug-likeness (QED) is 0.436. The molecule has 0 N–H and O–H groups in total. The molecule has 2 heterocycles. The van der Waals surface area contributed by atoms with Crippen molar-refractivity contribution >= 4 is 45.9 Å². The zero-order chi connectivity index (χ0) is 19.4. The molecular weight excluding hydrogens is 384 g/mol. The SMILES string of the molecule is CCOC(=O)CN(C)C(=O)c1oc2ccccc2c1CSc1nc(C)cs1. The Morgan fingerprint density at radius 2 is 2.11 bits per heavy atom. The van der Waals surface area contributed by atoms with Gasteiger partial charge >= 0.3 is 5.97 Å². The van der Waals surface area contributed by atoms with Crippen LogP contribution in [-0.2, 0) is 15.3 Å². The molecule has 2 aromatic heterocycles. The van der Waals surface area contributed by atoms with Crippen LogP contribution >= 0.6 is 23.1 Å². The average molecular weight is 405 g/mol. The molecule has 0 saturated carbocycles. The van der Waals surface area contributed by atoms with E-state index in [1.54, 1.807) is 37.1 Å². The molecule has 0 bridgehead atoms. The van der Waals surface area contributed by atoms with Gasteiger partial charge in [-0.3, -0.25) is 9.59 Å². The molecule has 0 saturated heterocycles. The van der Waals surface area contributed by atoms with E-state index < -0.39 is 5.97 Å². The van der Waals surface area contributed by atoms with E-state index in [0.29, 0.717) is 11.3 Å². The van der Waals surface area contributed by atoms with Crippen LogP contribution in [0.3, 0.4) is 0 Å². The molecule has 0 unspecified atom stereocenters. The predicted molar refractivity (Wildman–Crippen MR) is 106 cm³/mol. The molecule has 142 valence electrons. The molecule has 0 radical (unpaired) electrons. The summed E-state index contributed by atoms with van der Waals surface area (Å²) in [5.74, 6) is 0.0192. The van der Waals surface area contributed by atoms with Gasteiger partial charge in [0.15, 0.2) is 5.76 Å². The number of carbonyl (C=O) groups excluding carboxylic acids is 2. The maximum absolute atomic E-state index is 12.9. The number of rotatable bonds is 7. The van der Waals surface area contributed by atoms with Gasteiger partial charge in [0.1, 0.15) is 16.5 Å². The second-order valence-corrected chi connectivity index (χ2v) is 8.00. The van der Waals surface area contributed by atoms with Crippen LogP contribution < -0.4 is 0 Å². The first-order valence-electron chi connectivity index (χ1n) is 8.46. The van der Waals surface area contributed by atoms with Crippen LogP contribution in [0.5, 0.6) is 0 Å². The van der Waals surface area contributed by atoms with Gasteiger partial charge in [-0.25, -0.2) is 4.98 Å². The van der Waals surface area contributed by atoms with Crippen LogP contribution in [0.25, 0.3) is 11.0 Å². The number of aryl methyl sites for hydroxylation is 1. The molecule has 0 spiro atoms. The van der Waals surface area contributed by atoms with Gasteiger partial charge in [-0.2, -0.15) is 0 Å². The zero-order valence-corrected chi connectivity index (χ0v) is 17.0. The first kappa shape index (κ1) is 19.4. The third-order valence-electron chi connectivity index (χ3n) is 3.85. The van der Waals surface area contributed by atoms with E-state index in [9.17, 15) is 9.59 Å². The molecule has 1 aromatic carbocycles. The van der Waals surface area contributed by atoms with Gasteiger partial charge in [0.25, 0.3) is 5.91 Å². The minimum absolute atomic E-state index is 0.123. The number of thiazole rings is 1. The molecule has 0 fully saturated rings. The fraction of sp³-hybridized carbons (Fsp3) is 0.316. The molecule has 0 aliphatic heterocycles. The molecule has 27 heavy (non-hydrogen) atoms. The van der Waals surface area contributed by atoms with E-state index in [1.807, 2.05) is 36.6 Å². The number of hydrogen-bond acceptors (Lipinski definition) is 7. The topological polar surface area (TPSA) is 72.6 Å². The van der Waals surface area contributed by atoms with Crippen LogP contribution in [0.1, 0.15) is 28.7 Å². The van der Waals surface area contributed by atoms with E-state index in [-0.39, 0.29) is 24.8 Å². The number of hydrogen-bond donors (Lipinski definition) is 0. The van der Waals surface area contributed by atoms with Gasteiger partial charge in [-0.1, -0.05) is 30.0 Å². The molecule has 1 amide bonds. The molecule has 0 atom stereocenters. The van der Waals surface area contributed by atoms with Crippen LogP contribution in [0.4, 0.5) is 0 Å². The van der Waals surface area contributed by atoms with Gasteiger partial charge in [0, 0.05) is 34.8 Å². The van der Waals surface area contributed by atoms with Crippen molar-refractivity contribution in [3.63, 3.8) is 0 Å². The average Bonchev–Trinajstić information content (AvgIpc) is 3.22. The lowest BCUT2D eigenvalue weighted by Gasteiger charge is -2.15. The summed E-state index contributed by atoms with van der Waals surface area (Å²) in [6, 6.07) is 7.54. The first-order chi connectivity index (χ1) is 13.0. The van der Waals surface area contributed by atoms with Crippen molar-refractivity contribution in [2.45, 2.75) is 23.9 Å². The van der Waals surface area contributed by atoms with E-state index in [4.69, 9.17) is 9.15 Å². The van der Waals surface area contributed by atoms with Crippen LogP contribution in [0.15, 0.2) is 38.4 Å². The number of para-hydroxylation sites is 1. The van der Waals surface area contributed by atoms with Crippen molar-refractivity contribution in [3.05, 3.63) is 46.7 Å². The lowest BCUT2D eigenvalue weighted by molar-refractivity contribution is -0.143. The standard InChI is InChI=1S/C19H20N2O4S2/c1-4-24-16(22)9-21(3)18(23)17-14(11-27-19-20-12(2)10-26-19)13-7-5-6-8-15(13)25-17/h5-8,10H,4,9,11H2,1-3H3. The highest BCUT2D eigenvalue weighted by atomic mass is 32.2. The molecule has 8 heteroatoms. The minimum atomic E-state index is -0.446. The molecule has 0 aliphatic carbocycles. The Balaban J connectivity index is 1.87. The lowest BCUT2D eigenvalue weighted by Crippen LogP contribution is -2.33. The van der Waals surface area contributed by atoms with Gasteiger partial charge in [0.2, 0.25) is 0 Å². The number of ether oxygens (including phenoxy) is 1. The number of esters is 1. The maximum atomic E-state index is 12.9. The monoisotopic (exact) mass is 404 g/mol. The Morgan fingerprint density at radius 1 is 1.33 bits per heavy atom. The van der Waals surface area contributed by atoms with E-state index in [1.165, 1.54) is 4.90 Å².